The standard InChI is InChI=1S/C24H26FN3O4/c1-15-11-27(12-16(2)32-15)13-24(29)28-21(18-6-7-22-23(9-18)31-14-30-22)10-20(26-28)17-4-3-5-19(25)8-17/h3-9,15-16,21H,10-14H2,1-2H3. The van der Waals surface area contributed by atoms with Crippen LogP contribution in [0.3, 0.4) is 0 Å². The first-order valence-corrected chi connectivity index (χ1v) is 10.9. The largest absolute Gasteiger partial charge is 0.454 e. The predicted octanol–water partition coefficient (Wildman–Crippen LogP) is 3.34. The summed E-state index contributed by atoms with van der Waals surface area (Å²) in [5.74, 6) is 0.920. The zero-order valence-electron chi connectivity index (χ0n) is 18.2. The molecule has 168 valence electrons. The number of fused-ring (bicyclic) bond motifs is 1. The lowest BCUT2D eigenvalue weighted by Crippen LogP contribution is -2.49. The van der Waals surface area contributed by atoms with Crippen LogP contribution in [0.4, 0.5) is 4.39 Å². The van der Waals surface area contributed by atoms with Gasteiger partial charge in [0, 0.05) is 25.1 Å². The van der Waals surface area contributed by atoms with E-state index in [4.69, 9.17) is 14.2 Å². The fourth-order valence-electron chi connectivity index (χ4n) is 4.64. The van der Waals surface area contributed by atoms with E-state index < -0.39 is 0 Å². The number of amides is 1. The third-order valence-electron chi connectivity index (χ3n) is 5.96. The molecule has 0 aromatic heterocycles. The van der Waals surface area contributed by atoms with E-state index in [0.29, 0.717) is 42.3 Å². The number of hydrogen-bond donors (Lipinski definition) is 0. The van der Waals surface area contributed by atoms with Crippen LogP contribution in [-0.4, -0.2) is 60.2 Å². The van der Waals surface area contributed by atoms with Crippen LogP contribution in [0.2, 0.25) is 0 Å². The molecule has 0 aliphatic carbocycles. The van der Waals surface area contributed by atoms with Crippen LogP contribution in [0.15, 0.2) is 47.6 Å². The molecule has 3 aliphatic rings. The van der Waals surface area contributed by atoms with Gasteiger partial charge in [-0.2, -0.15) is 5.10 Å². The fraction of sp³-hybridized carbons (Fsp3) is 0.417. The van der Waals surface area contributed by atoms with Crippen LogP contribution in [0.5, 0.6) is 11.5 Å². The Hall–Kier alpha value is -2.97. The molecule has 2 aromatic carbocycles. The van der Waals surface area contributed by atoms with E-state index in [1.807, 2.05) is 38.1 Å². The molecule has 0 radical (unpaired) electrons. The van der Waals surface area contributed by atoms with Crippen molar-refractivity contribution < 1.29 is 23.4 Å². The van der Waals surface area contributed by atoms with E-state index in [2.05, 4.69) is 10.0 Å². The van der Waals surface area contributed by atoms with Crippen LogP contribution in [0.25, 0.3) is 0 Å². The van der Waals surface area contributed by atoms with Gasteiger partial charge in [0.1, 0.15) is 5.82 Å². The van der Waals surface area contributed by atoms with Crippen molar-refractivity contribution in [3.05, 3.63) is 59.4 Å². The number of hydrogen-bond acceptors (Lipinski definition) is 6. The molecule has 0 spiro atoms. The monoisotopic (exact) mass is 439 g/mol. The number of morpholine rings is 1. The first-order chi connectivity index (χ1) is 15.5. The van der Waals surface area contributed by atoms with Crippen molar-refractivity contribution in [2.45, 2.75) is 38.5 Å². The summed E-state index contributed by atoms with van der Waals surface area (Å²) in [7, 11) is 0. The maximum Gasteiger partial charge on any atom is 0.257 e. The van der Waals surface area contributed by atoms with Gasteiger partial charge < -0.3 is 14.2 Å². The predicted molar refractivity (Wildman–Crippen MR) is 116 cm³/mol. The zero-order chi connectivity index (χ0) is 22.2. The van der Waals surface area contributed by atoms with Gasteiger partial charge in [-0.25, -0.2) is 9.40 Å². The molecule has 3 atom stereocenters. The topological polar surface area (TPSA) is 63.6 Å². The molecular formula is C24H26FN3O4. The summed E-state index contributed by atoms with van der Waals surface area (Å²) in [6.45, 7) is 5.85. The average molecular weight is 439 g/mol. The molecule has 1 saturated heterocycles. The minimum absolute atomic E-state index is 0.0705. The van der Waals surface area contributed by atoms with Gasteiger partial charge in [-0.1, -0.05) is 18.2 Å². The summed E-state index contributed by atoms with van der Waals surface area (Å²) in [4.78, 5) is 15.5. The lowest BCUT2D eigenvalue weighted by atomic mass is 9.98. The minimum atomic E-state index is -0.328. The molecule has 3 heterocycles. The van der Waals surface area contributed by atoms with Gasteiger partial charge in [0.15, 0.2) is 11.5 Å². The molecule has 1 fully saturated rings. The minimum Gasteiger partial charge on any atom is -0.454 e. The second-order valence-corrected chi connectivity index (χ2v) is 8.58. The van der Waals surface area contributed by atoms with Crippen molar-refractivity contribution in [1.29, 1.82) is 0 Å². The number of hydrazone groups is 1. The van der Waals surface area contributed by atoms with Gasteiger partial charge in [0.25, 0.3) is 5.91 Å². The number of rotatable bonds is 4. The Morgan fingerprint density at radius 2 is 1.88 bits per heavy atom. The summed E-state index contributed by atoms with van der Waals surface area (Å²) in [6, 6.07) is 11.7. The summed E-state index contributed by atoms with van der Waals surface area (Å²) in [5.41, 5.74) is 2.27. The second-order valence-electron chi connectivity index (χ2n) is 8.58. The quantitative estimate of drug-likeness (QED) is 0.731. The van der Waals surface area contributed by atoms with Crippen molar-refractivity contribution in [2.24, 2.45) is 5.10 Å². The highest BCUT2D eigenvalue weighted by atomic mass is 19.1. The highest BCUT2D eigenvalue weighted by molar-refractivity contribution is 6.03. The van der Waals surface area contributed by atoms with Crippen LogP contribution < -0.4 is 9.47 Å². The average Bonchev–Trinajstić information content (AvgIpc) is 3.40. The number of carbonyl (C=O) groups is 1. The summed E-state index contributed by atoms with van der Waals surface area (Å²) >= 11 is 0. The lowest BCUT2D eigenvalue weighted by Gasteiger charge is -2.35. The Balaban J connectivity index is 1.43. The highest BCUT2D eigenvalue weighted by Crippen LogP contribution is 2.39. The molecule has 1 amide bonds. The maximum atomic E-state index is 13.8. The summed E-state index contributed by atoms with van der Waals surface area (Å²) < 4.78 is 30.6. The van der Waals surface area contributed by atoms with Crippen LogP contribution in [0.1, 0.15) is 37.4 Å². The van der Waals surface area contributed by atoms with Crippen LogP contribution in [-0.2, 0) is 9.53 Å². The first kappa shape index (κ1) is 20.9. The number of carbonyl (C=O) groups excluding carboxylic acids is 1. The Morgan fingerprint density at radius 1 is 1.09 bits per heavy atom. The van der Waals surface area contributed by atoms with E-state index in [-0.39, 0.29) is 43.3 Å². The van der Waals surface area contributed by atoms with Crippen molar-refractivity contribution in [3.8, 4) is 11.5 Å². The van der Waals surface area contributed by atoms with Gasteiger partial charge in [-0.05, 0) is 43.7 Å². The Morgan fingerprint density at radius 3 is 2.66 bits per heavy atom. The van der Waals surface area contributed by atoms with E-state index in [1.54, 1.807) is 11.1 Å². The van der Waals surface area contributed by atoms with E-state index in [1.165, 1.54) is 12.1 Å². The van der Waals surface area contributed by atoms with Gasteiger partial charge in [-0.15, -0.1) is 0 Å². The number of halogens is 1. The molecule has 7 nitrogen and oxygen atoms in total. The van der Waals surface area contributed by atoms with Crippen molar-refractivity contribution in [2.75, 3.05) is 26.4 Å². The molecule has 0 saturated carbocycles. The lowest BCUT2D eigenvalue weighted by molar-refractivity contribution is -0.137. The first-order valence-electron chi connectivity index (χ1n) is 10.9. The molecule has 5 rings (SSSR count). The van der Waals surface area contributed by atoms with E-state index in [9.17, 15) is 9.18 Å². The molecule has 3 aliphatic heterocycles. The van der Waals surface area contributed by atoms with Crippen LogP contribution in [0, 0.1) is 5.82 Å². The maximum absolute atomic E-state index is 13.8. The molecule has 2 aromatic rings. The molecule has 0 N–H and O–H groups in total. The SMILES string of the molecule is CC1CN(CC(=O)N2N=C(c3cccc(F)c3)CC2c2ccc3c(c2)OCO3)CC(C)O1. The molecule has 3 unspecified atom stereocenters. The fourth-order valence-corrected chi connectivity index (χ4v) is 4.64. The molecule has 8 heteroatoms. The Kier molecular flexibility index (Phi) is 5.57. The van der Waals surface area contributed by atoms with Crippen molar-refractivity contribution in [3.63, 3.8) is 0 Å². The summed E-state index contributed by atoms with van der Waals surface area (Å²) in [6.07, 6.45) is 0.632. The van der Waals surface area contributed by atoms with Crippen molar-refractivity contribution in [1.82, 2.24) is 9.91 Å². The zero-order valence-corrected chi connectivity index (χ0v) is 18.2. The van der Waals surface area contributed by atoms with Crippen LogP contribution >= 0.6 is 0 Å². The molecule has 32 heavy (non-hydrogen) atoms. The number of benzene rings is 2. The number of nitrogens with zero attached hydrogens (tertiary/aromatic N) is 3. The van der Waals surface area contributed by atoms with Gasteiger partial charge >= 0.3 is 0 Å². The van der Waals surface area contributed by atoms with E-state index >= 15 is 0 Å². The van der Waals surface area contributed by atoms with Gasteiger partial charge in [-0.3, -0.25) is 9.69 Å². The third-order valence-corrected chi connectivity index (χ3v) is 5.96. The third kappa shape index (κ3) is 4.20. The van der Waals surface area contributed by atoms with Gasteiger partial charge in [0.05, 0.1) is 30.5 Å². The smallest absolute Gasteiger partial charge is 0.257 e. The van der Waals surface area contributed by atoms with E-state index in [0.717, 1.165) is 5.56 Å². The Labute approximate surface area is 186 Å². The normalized spacial score (nSPS) is 25.2. The molecule has 0 bridgehead atoms. The number of ether oxygens (including phenoxy) is 3. The van der Waals surface area contributed by atoms with Gasteiger partial charge in [0.2, 0.25) is 6.79 Å². The highest BCUT2D eigenvalue weighted by Gasteiger charge is 2.35. The second kappa shape index (κ2) is 8.52. The summed E-state index contributed by atoms with van der Waals surface area (Å²) in [5, 5.41) is 6.20. The van der Waals surface area contributed by atoms with Crippen molar-refractivity contribution >= 4 is 11.6 Å². The Bertz CT molecular complexity index is 1050. The molecular weight excluding hydrogens is 413 g/mol.